The van der Waals surface area contributed by atoms with E-state index in [0.29, 0.717) is 34.2 Å². The summed E-state index contributed by atoms with van der Waals surface area (Å²) in [6.45, 7) is 3.52. The molecule has 7 heteroatoms. The van der Waals surface area contributed by atoms with Crippen LogP contribution < -0.4 is 5.32 Å². The van der Waals surface area contributed by atoms with E-state index in [9.17, 15) is 9.18 Å². The molecule has 1 saturated heterocycles. The molecule has 1 aliphatic heterocycles. The van der Waals surface area contributed by atoms with Crippen LogP contribution in [0.1, 0.15) is 23.3 Å². The van der Waals surface area contributed by atoms with Crippen LogP contribution in [0.2, 0.25) is 5.02 Å². The molecule has 1 fully saturated rings. The van der Waals surface area contributed by atoms with Crippen LogP contribution in [0.5, 0.6) is 0 Å². The minimum absolute atomic E-state index is 0.251. The number of carbonyl (C=O) groups excluding carboxylic acids is 1. The van der Waals surface area contributed by atoms with E-state index in [-0.39, 0.29) is 11.7 Å². The molecule has 1 N–H and O–H groups in total. The molecule has 1 aliphatic rings. The molecule has 5 nitrogen and oxygen atoms in total. The second-order valence-corrected chi connectivity index (χ2v) is 7.53. The van der Waals surface area contributed by atoms with Gasteiger partial charge in [-0.3, -0.25) is 4.79 Å². The van der Waals surface area contributed by atoms with Gasteiger partial charge in [0, 0.05) is 23.7 Å². The summed E-state index contributed by atoms with van der Waals surface area (Å²) >= 11 is 6.12. The second-order valence-electron chi connectivity index (χ2n) is 7.09. The molecule has 2 aromatic carbocycles. The Morgan fingerprint density at radius 3 is 2.66 bits per heavy atom. The van der Waals surface area contributed by atoms with Gasteiger partial charge in [0.05, 0.1) is 11.4 Å². The molecule has 0 saturated carbocycles. The highest BCUT2D eigenvalue weighted by atomic mass is 35.5. The molecule has 0 unspecified atom stereocenters. The van der Waals surface area contributed by atoms with E-state index in [4.69, 9.17) is 11.6 Å². The first-order valence-electron chi connectivity index (χ1n) is 9.73. The van der Waals surface area contributed by atoms with Gasteiger partial charge in [-0.15, -0.1) is 0 Å². The van der Waals surface area contributed by atoms with Gasteiger partial charge < -0.3 is 10.2 Å². The molecule has 3 aromatic rings. The van der Waals surface area contributed by atoms with E-state index in [0.717, 1.165) is 19.6 Å². The normalized spacial score (nSPS) is 14.3. The third kappa shape index (κ3) is 4.49. The summed E-state index contributed by atoms with van der Waals surface area (Å²) < 4.78 is 15.8. The van der Waals surface area contributed by atoms with Crippen molar-refractivity contribution in [2.75, 3.05) is 26.2 Å². The molecule has 29 heavy (non-hydrogen) atoms. The Labute approximate surface area is 174 Å². The SMILES string of the molecule is O=C(NCCN1CCCC1)c1cc(-c2ccccc2F)nn1-c1cccc(Cl)c1. The fourth-order valence-corrected chi connectivity index (χ4v) is 3.76. The van der Waals surface area contributed by atoms with Gasteiger partial charge in [0.15, 0.2) is 0 Å². The van der Waals surface area contributed by atoms with E-state index in [1.807, 2.05) is 6.07 Å². The molecular weight excluding hydrogens is 391 g/mol. The summed E-state index contributed by atoms with van der Waals surface area (Å²) in [5.74, 6) is -0.636. The largest absolute Gasteiger partial charge is 0.349 e. The number of rotatable bonds is 6. The van der Waals surface area contributed by atoms with Crippen LogP contribution >= 0.6 is 11.6 Å². The summed E-state index contributed by atoms with van der Waals surface area (Å²) in [4.78, 5) is 15.2. The van der Waals surface area contributed by atoms with Crippen LogP contribution in [-0.2, 0) is 0 Å². The summed E-state index contributed by atoms with van der Waals surface area (Å²) in [5.41, 5.74) is 1.73. The Bertz CT molecular complexity index is 1010. The first kappa shape index (κ1) is 19.6. The zero-order chi connectivity index (χ0) is 20.2. The molecule has 0 spiro atoms. The Balaban J connectivity index is 1.63. The number of likely N-dealkylation sites (tertiary alicyclic amines) is 1. The lowest BCUT2D eigenvalue weighted by Crippen LogP contribution is -2.34. The predicted molar refractivity (Wildman–Crippen MR) is 112 cm³/mol. The third-order valence-electron chi connectivity index (χ3n) is 5.06. The monoisotopic (exact) mass is 412 g/mol. The fraction of sp³-hybridized carbons (Fsp3) is 0.273. The maximum absolute atomic E-state index is 14.3. The average Bonchev–Trinajstić information content (AvgIpc) is 3.38. The molecule has 1 amide bonds. The van der Waals surface area contributed by atoms with Crippen molar-refractivity contribution in [2.24, 2.45) is 0 Å². The maximum atomic E-state index is 14.3. The van der Waals surface area contributed by atoms with E-state index in [1.165, 1.54) is 23.6 Å². The summed E-state index contributed by atoms with van der Waals surface area (Å²) in [7, 11) is 0. The average molecular weight is 413 g/mol. The van der Waals surface area contributed by atoms with Crippen LogP contribution in [0.3, 0.4) is 0 Å². The van der Waals surface area contributed by atoms with Crippen LogP contribution in [-0.4, -0.2) is 46.8 Å². The number of nitrogens with one attached hydrogen (secondary N) is 1. The van der Waals surface area contributed by atoms with Gasteiger partial charge in [-0.05, 0) is 62.3 Å². The van der Waals surface area contributed by atoms with Crippen LogP contribution in [0.15, 0.2) is 54.6 Å². The Morgan fingerprint density at radius 2 is 1.90 bits per heavy atom. The van der Waals surface area contributed by atoms with Gasteiger partial charge in [0.1, 0.15) is 11.5 Å². The number of amides is 1. The molecular formula is C22H22ClFN4O. The second kappa shape index (κ2) is 8.76. The smallest absolute Gasteiger partial charge is 0.270 e. The predicted octanol–water partition coefficient (Wildman–Crippen LogP) is 4.16. The summed E-state index contributed by atoms with van der Waals surface area (Å²) in [6.07, 6.45) is 2.42. The molecule has 4 rings (SSSR count). The lowest BCUT2D eigenvalue weighted by atomic mass is 10.1. The molecule has 0 bridgehead atoms. The number of halogens is 2. The van der Waals surface area contributed by atoms with Crippen molar-refractivity contribution in [1.82, 2.24) is 20.0 Å². The molecule has 1 aromatic heterocycles. The minimum atomic E-state index is -0.385. The minimum Gasteiger partial charge on any atom is -0.349 e. The lowest BCUT2D eigenvalue weighted by Gasteiger charge is -2.15. The van der Waals surface area contributed by atoms with Crippen molar-refractivity contribution in [1.29, 1.82) is 0 Å². The number of nitrogens with zero attached hydrogens (tertiary/aromatic N) is 3. The van der Waals surface area contributed by atoms with Gasteiger partial charge in [-0.2, -0.15) is 5.10 Å². The quantitative estimate of drug-likeness (QED) is 0.661. The van der Waals surface area contributed by atoms with Gasteiger partial charge in [0.2, 0.25) is 0 Å². The van der Waals surface area contributed by atoms with Crippen LogP contribution in [0.25, 0.3) is 16.9 Å². The lowest BCUT2D eigenvalue weighted by molar-refractivity contribution is 0.0942. The molecule has 0 aliphatic carbocycles. The Kier molecular flexibility index (Phi) is 5.92. The number of benzene rings is 2. The highest BCUT2D eigenvalue weighted by Crippen LogP contribution is 2.25. The number of carbonyl (C=O) groups is 1. The fourth-order valence-electron chi connectivity index (χ4n) is 3.57. The number of hydrogen-bond donors (Lipinski definition) is 1. The van der Waals surface area contributed by atoms with E-state index in [1.54, 1.807) is 42.5 Å². The Morgan fingerprint density at radius 1 is 1.10 bits per heavy atom. The standard InChI is InChI=1S/C22H22ClFN4O/c23-16-6-5-7-17(14-16)28-21(22(29)25-10-13-27-11-3-4-12-27)15-20(26-28)18-8-1-2-9-19(18)24/h1-2,5-9,14-15H,3-4,10-13H2,(H,25,29). The van der Waals surface area contributed by atoms with E-state index >= 15 is 0 Å². The zero-order valence-electron chi connectivity index (χ0n) is 15.9. The number of hydrogen-bond acceptors (Lipinski definition) is 3. The Hall–Kier alpha value is -2.70. The van der Waals surface area contributed by atoms with Crippen molar-refractivity contribution in [3.05, 3.63) is 71.1 Å². The summed E-state index contributed by atoms with van der Waals surface area (Å²) in [5, 5.41) is 8.00. The van der Waals surface area contributed by atoms with Crippen molar-refractivity contribution < 1.29 is 9.18 Å². The third-order valence-corrected chi connectivity index (χ3v) is 5.29. The highest BCUT2D eigenvalue weighted by molar-refractivity contribution is 6.30. The van der Waals surface area contributed by atoms with Crippen molar-refractivity contribution in [3.63, 3.8) is 0 Å². The first-order valence-corrected chi connectivity index (χ1v) is 10.1. The van der Waals surface area contributed by atoms with E-state index in [2.05, 4.69) is 15.3 Å². The topological polar surface area (TPSA) is 50.2 Å². The van der Waals surface area contributed by atoms with Crippen molar-refractivity contribution in [2.45, 2.75) is 12.8 Å². The highest BCUT2D eigenvalue weighted by Gasteiger charge is 2.19. The van der Waals surface area contributed by atoms with E-state index < -0.39 is 0 Å². The molecule has 0 radical (unpaired) electrons. The molecule has 2 heterocycles. The van der Waals surface area contributed by atoms with Crippen molar-refractivity contribution in [3.8, 4) is 16.9 Å². The van der Waals surface area contributed by atoms with Crippen LogP contribution in [0, 0.1) is 5.82 Å². The van der Waals surface area contributed by atoms with Crippen LogP contribution in [0.4, 0.5) is 4.39 Å². The van der Waals surface area contributed by atoms with Gasteiger partial charge in [-0.1, -0.05) is 29.8 Å². The number of aromatic nitrogens is 2. The first-order chi connectivity index (χ1) is 14.1. The van der Waals surface area contributed by atoms with Gasteiger partial charge in [-0.25, -0.2) is 9.07 Å². The summed E-state index contributed by atoms with van der Waals surface area (Å²) in [6, 6.07) is 15.1. The zero-order valence-corrected chi connectivity index (χ0v) is 16.7. The molecule has 150 valence electrons. The van der Waals surface area contributed by atoms with Gasteiger partial charge in [0.25, 0.3) is 5.91 Å². The van der Waals surface area contributed by atoms with Crippen molar-refractivity contribution >= 4 is 17.5 Å². The molecule has 0 atom stereocenters. The van der Waals surface area contributed by atoms with Gasteiger partial charge >= 0.3 is 0 Å². The maximum Gasteiger partial charge on any atom is 0.270 e.